The number of hydrogen-bond donors (Lipinski definition) is 1. The van der Waals surface area contributed by atoms with E-state index in [1.807, 2.05) is 11.9 Å². The molecule has 0 aromatic heterocycles. The molecule has 2 saturated heterocycles. The molecule has 0 saturated carbocycles. The first kappa shape index (κ1) is 14.8. The van der Waals surface area contributed by atoms with Crippen molar-refractivity contribution < 1.29 is 9.53 Å². The van der Waals surface area contributed by atoms with Crippen molar-refractivity contribution in [2.45, 2.75) is 25.3 Å². The van der Waals surface area contributed by atoms with Crippen LogP contribution in [0.25, 0.3) is 0 Å². The zero-order valence-electron chi connectivity index (χ0n) is 12.2. The van der Waals surface area contributed by atoms with Gasteiger partial charge < -0.3 is 19.9 Å². The molecule has 0 bridgehead atoms. The van der Waals surface area contributed by atoms with Gasteiger partial charge in [-0.3, -0.25) is 4.79 Å². The fraction of sp³-hybridized carbons (Fsp3) is 0.929. The molecule has 1 amide bonds. The van der Waals surface area contributed by atoms with Crippen molar-refractivity contribution in [2.75, 3.05) is 53.5 Å². The smallest absolute Gasteiger partial charge is 0.241 e. The van der Waals surface area contributed by atoms with E-state index in [-0.39, 0.29) is 11.9 Å². The van der Waals surface area contributed by atoms with Gasteiger partial charge in [0.2, 0.25) is 5.91 Å². The fourth-order valence-electron chi connectivity index (χ4n) is 2.99. The normalized spacial score (nSPS) is 29.2. The number of morpholine rings is 1. The quantitative estimate of drug-likeness (QED) is 0.790. The number of nitrogens with zero attached hydrogens (tertiary/aromatic N) is 2. The van der Waals surface area contributed by atoms with E-state index in [0.717, 1.165) is 25.4 Å². The Bertz CT molecular complexity index is 292. The number of carbonyl (C=O) groups is 1. The summed E-state index contributed by atoms with van der Waals surface area (Å²) >= 11 is 0. The molecule has 5 heteroatoms. The van der Waals surface area contributed by atoms with Gasteiger partial charge in [-0.2, -0.15) is 0 Å². The van der Waals surface area contributed by atoms with E-state index >= 15 is 0 Å². The zero-order valence-corrected chi connectivity index (χ0v) is 12.2. The lowest BCUT2D eigenvalue weighted by atomic mass is 9.95. The number of rotatable bonds is 4. The van der Waals surface area contributed by atoms with Gasteiger partial charge in [-0.05, 0) is 38.8 Å². The first-order valence-electron chi connectivity index (χ1n) is 7.41. The van der Waals surface area contributed by atoms with Crippen LogP contribution >= 0.6 is 0 Å². The molecule has 2 unspecified atom stereocenters. The van der Waals surface area contributed by atoms with E-state index in [2.05, 4.69) is 17.3 Å². The van der Waals surface area contributed by atoms with Gasteiger partial charge in [-0.25, -0.2) is 0 Å². The second-order valence-electron chi connectivity index (χ2n) is 5.90. The maximum atomic E-state index is 12.2. The Morgan fingerprint density at radius 3 is 3.05 bits per heavy atom. The van der Waals surface area contributed by atoms with Crippen LogP contribution in [-0.2, 0) is 9.53 Å². The lowest BCUT2D eigenvalue weighted by molar-refractivity contribution is -0.135. The molecule has 110 valence electrons. The zero-order chi connectivity index (χ0) is 13.7. The van der Waals surface area contributed by atoms with Crippen LogP contribution in [0, 0.1) is 5.92 Å². The number of nitrogens with one attached hydrogen (secondary N) is 1. The third-order valence-electron chi connectivity index (χ3n) is 4.19. The average Bonchev–Trinajstić information content (AvgIpc) is 2.45. The number of hydrogen-bond acceptors (Lipinski definition) is 4. The van der Waals surface area contributed by atoms with Crippen LogP contribution in [0.3, 0.4) is 0 Å². The van der Waals surface area contributed by atoms with Crippen LogP contribution in [0.4, 0.5) is 0 Å². The van der Waals surface area contributed by atoms with Crippen LogP contribution in [0.1, 0.15) is 19.3 Å². The summed E-state index contributed by atoms with van der Waals surface area (Å²) in [5, 5.41) is 3.22. The summed E-state index contributed by atoms with van der Waals surface area (Å²) in [7, 11) is 4.09. The number of likely N-dealkylation sites (N-methyl/N-ethyl adjacent to an activating group) is 1. The molecule has 0 aromatic rings. The summed E-state index contributed by atoms with van der Waals surface area (Å²) in [6, 6.07) is -0.146. The Kier molecular flexibility index (Phi) is 5.60. The van der Waals surface area contributed by atoms with Gasteiger partial charge >= 0.3 is 0 Å². The van der Waals surface area contributed by atoms with Crippen molar-refractivity contribution in [2.24, 2.45) is 5.92 Å². The molecule has 2 rings (SSSR count). The summed E-state index contributed by atoms with van der Waals surface area (Å²) in [5.74, 6) is 0.911. The molecular formula is C14H27N3O2. The molecule has 0 radical (unpaired) electrons. The highest BCUT2D eigenvalue weighted by molar-refractivity contribution is 5.81. The lowest BCUT2D eigenvalue weighted by Crippen LogP contribution is -2.52. The number of piperidine rings is 1. The van der Waals surface area contributed by atoms with E-state index in [4.69, 9.17) is 4.74 Å². The van der Waals surface area contributed by atoms with Gasteiger partial charge in [-0.1, -0.05) is 0 Å². The minimum atomic E-state index is -0.146. The highest BCUT2D eigenvalue weighted by Gasteiger charge is 2.25. The molecule has 2 fully saturated rings. The summed E-state index contributed by atoms with van der Waals surface area (Å²) < 4.78 is 5.35. The van der Waals surface area contributed by atoms with Gasteiger partial charge in [0.1, 0.15) is 6.04 Å². The van der Waals surface area contributed by atoms with Crippen LogP contribution < -0.4 is 5.32 Å². The molecular weight excluding hydrogens is 242 g/mol. The number of ether oxygens (including phenoxy) is 1. The molecule has 0 aliphatic carbocycles. The molecule has 0 aromatic carbocycles. The molecule has 2 aliphatic heterocycles. The molecule has 0 spiro atoms. The Hall–Kier alpha value is -0.650. The first-order chi connectivity index (χ1) is 9.16. The molecule has 19 heavy (non-hydrogen) atoms. The maximum Gasteiger partial charge on any atom is 0.241 e. The Morgan fingerprint density at radius 2 is 2.37 bits per heavy atom. The Morgan fingerprint density at radius 1 is 1.53 bits per heavy atom. The molecule has 5 nitrogen and oxygen atoms in total. The minimum Gasteiger partial charge on any atom is -0.378 e. The standard InChI is InChI=1S/C14H27N3O2/c1-16-7-3-4-12(10-16)5-8-17(2)14(18)13-11-19-9-6-15-13/h12-13,15H,3-11H2,1-2H3. The second-order valence-corrected chi connectivity index (χ2v) is 5.90. The summed E-state index contributed by atoms with van der Waals surface area (Å²) in [6.45, 7) is 5.24. The summed E-state index contributed by atoms with van der Waals surface area (Å²) in [6.07, 6.45) is 3.70. The predicted octanol–water partition coefficient (Wildman–Crippen LogP) is 0.165. The maximum absolute atomic E-state index is 12.2. The van der Waals surface area contributed by atoms with E-state index in [9.17, 15) is 4.79 Å². The SMILES string of the molecule is CN1CCCC(CCN(C)C(=O)C2COCCN2)C1. The van der Waals surface area contributed by atoms with Crippen molar-refractivity contribution in [3.8, 4) is 0 Å². The largest absolute Gasteiger partial charge is 0.378 e. The third kappa shape index (κ3) is 4.44. The molecule has 2 heterocycles. The molecule has 2 aliphatic rings. The van der Waals surface area contributed by atoms with Crippen LogP contribution in [0.15, 0.2) is 0 Å². The third-order valence-corrected chi connectivity index (χ3v) is 4.19. The monoisotopic (exact) mass is 269 g/mol. The highest BCUT2D eigenvalue weighted by atomic mass is 16.5. The van der Waals surface area contributed by atoms with Gasteiger partial charge in [0, 0.05) is 26.7 Å². The minimum absolute atomic E-state index is 0.146. The number of likely N-dealkylation sites (tertiary alicyclic amines) is 1. The summed E-state index contributed by atoms with van der Waals surface area (Å²) in [4.78, 5) is 16.5. The first-order valence-corrected chi connectivity index (χ1v) is 7.41. The lowest BCUT2D eigenvalue weighted by Gasteiger charge is -2.32. The van der Waals surface area contributed by atoms with Crippen LogP contribution in [0.2, 0.25) is 0 Å². The van der Waals surface area contributed by atoms with Crippen LogP contribution in [0.5, 0.6) is 0 Å². The fourth-order valence-corrected chi connectivity index (χ4v) is 2.99. The second kappa shape index (κ2) is 7.22. The van der Waals surface area contributed by atoms with E-state index < -0.39 is 0 Å². The van der Waals surface area contributed by atoms with Crippen molar-refractivity contribution in [1.29, 1.82) is 0 Å². The Labute approximate surface area is 116 Å². The molecule has 2 atom stereocenters. The highest BCUT2D eigenvalue weighted by Crippen LogP contribution is 2.18. The van der Waals surface area contributed by atoms with E-state index in [1.165, 1.54) is 25.9 Å². The van der Waals surface area contributed by atoms with Crippen molar-refractivity contribution in [3.05, 3.63) is 0 Å². The van der Waals surface area contributed by atoms with Gasteiger partial charge in [0.15, 0.2) is 0 Å². The van der Waals surface area contributed by atoms with Crippen molar-refractivity contribution >= 4 is 5.91 Å². The number of carbonyl (C=O) groups excluding carboxylic acids is 1. The van der Waals surface area contributed by atoms with Gasteiger partial charge in [0.05, 0.1) is 13.2 Å². The van der Waals surface area contributed by atoms with Gasteiger partial charge in [-0.15, -0.1) is 0 Å². The van der Waals surface area contributed by atoms with Crippen molar-refractivity contribution in [3.63, 3.8) is 0 Å². The topological polar surface area (TPSA) is 44.8 Å². The van der Waals surface area contributed by atoms with E-state index in [1.54, 1.807) is 0 Å². The predicted molar refractivity (Wildman–Crippen MR) is 75.1 cm³/mol. The van der Waals surface area contributed by atoms with E-state index in [0.29, 0.717) is 13.2 Å². The van der Waals surface area contributed by atoms with Gasteiger partial charge in [0.25, 0.3) is 0 Å². The molecule has 1 N–H and O–H groups in total. The van der Waals surface area contributed by atoms with Crippen LogP contribution in [-0.4, -0.2) is 75.2 Å². The Balaban J connectivity index is 1.70. The summed E-state index contributed by atoms with van der Waals surface area (Å²) in [5.41, 5.74) is 0. The average molecular weight is 269 g/mol. The number of amides is 1. The van der Waals surface area contributed by atoms with Crippen molar-refractivity contribution in [1.82, 2.24) is 15.1 Å².